The number of hydrogen-bond donors (Lipinski definition) is 2. The Hall–Kier alpha value is -2.59. The van der Waals surface area contributed by atoms with E-state index >= 15 is 0 Å². The predicted molar refractivity (Wildman–Crippen MR) is 113 cm³/mol. The van der Waals surface area contributed by atoms with E-state index in [0.29, 0.717) is 50.5 Å². The monoisotopic (exact) mass is 469 g/mol. The molecular formula is C21H23ClF3N5O2. The largest absolute Gasteiger partial charge is 0.416 e. The molecule has 1 amide bonds. The molecule has 3 heterocycles. The molecule has 2 aromatic rings. The molecular weight excluding hydrogens is 447 g/mol. The summed E-state index contributed by atoms with van der Waals surface area (Å²) in [5.74, 6) is 0.410. The lowest BCUT2D eigenvalue weighted by atomic mass is 10.1. The van der Waals surface area contributed by atoms with Crippen molar-refractivity contribution in [3.63, 3.8) is 0 Å². The number of aromatic nitrogens is 2. The van der Waals surface area contributed by atoms with Crippen LogP contribution in [0.4, 0.5) is 24.7 Å². The normalized spacial score (nSPS) is 18.9. The van der Waals surface area contributed by atoms with E-state index in [1.54, 1.807) is 0 Å². The molecule has 2 aliphatic heterocycles. The van der Waals surface area contributed by atoms with Gasteiger partial charge in [-0.25, -0.2) is 9.97 Å². The molecule has 7 nitrogen and oxygen atoms in total. The van der Waals surface area contributed by atoms with Gasteiger partial charge in [0.05, 0.1) is 23.8 Å². The predicted octanol–water partition coefficient (Wildman–Crippen LogP) is 3.31. The molecule has 1 aromatic heterocycles. The van der Waals surface area contributed by atoms with E-state index < -0.39 is 11.7 Å². The second-order valence-electron chi connectivity index (χ2n) is 7.97. The molecule has 4 rings (SSSR count). The molecule has 3 N–H and O–H groups in total. The first kappa shape index (κ1) is 22.6. The highest BCUT2D eigenvalue weighted by Gasteiger charge is 2.32. The molecule has 11 heteroatoms. The number of hydrogen-bond acceptors (Lipinski definition) is 6. The number of ether oxygens (including phenoxy) is 1. The summed E-state index contributed by atoms with van der Waals surface area (Å²) in [7, 11) is 0. The summed E-state index contributed by atoms with van der Waals surface area (Å²) in [6, 6.07) is 3.43. The maximum atomic E-state index is 13.1. The van der Waals surface area contributed by atoms with Crippen molar-refractivity contribution in [2.24, 2.45) is 5.92 Å². The summed E-state index contributed by atoms with van der Waals surface area (Å²) in [6.45, 7) is 2.13. The smallest absolute Gasteiger partial charge is 0.399 e. The first-order valence-electron chi connectivity index (χ1n) is 10.3. The number of anilines is 2. The van der Waals surface area contributed by atoms with E-state index in [4.69, 9.17) is 22.1 Å². The Balaban J connectivity index is 1.51. The van der Waals surface area contributed by atoms with Gasteiger partial charge in [-0.1, -0.05) is 0 Å². The number of alkyl halides is 3. The Morgan fingerprint density at radius 3 is 2.75 bits per heavy atom. The van der Waals surface area contributed by atoms with Gasteiger partial charge in [-0.2, -0.15) is 13.2 Å². The molecule has 0 radical (unpaired) electrons. The molecule has 0 bridgehead atoms. The van der Waals surface area contributed by atoms with Crippen LogP contribution < -0.4 is 11.1 Å². The van der Waals surface area contributed by atoms with Crippen LogP contribution in [0.25, 0.3) is 0 Å². The average molecular weight is 470 g/mol. The van der Waals surface area contributed by atoms with E-state index in [2.05, 4.69) is 15.3 Å². The average Bonchev–Trinajstić information content (AvgIpc) is 3.18. The number of rotatable bonds is 4. The second kappa shape index (κ2) is 9.11. The van der Waals surface area contributed by atoms with Gasteiger partial charge in [0.2, 0.25) is 11.2 Å². The summed E-state index contributed by atoms with van der Waals surface area (Å²) in [5, 5.41) is 3.12. The highest BCUT2D eigenvalue weighted by Crippen LogP contribution is 2.32. The Bertz CT molecular complexity index is 1010. The number of carbonyl (C=O) groups excluding carboxylic acids is 1. The number of benzene rings is 1. The lowest BCUT2D eigenvalue weighted by Crippen LogP contribution is -2.38. The molecule has 0 aliphatic carbocycles. The maximum absolute atomic E-state index is 13.1. The number of nitrogens with one attached hydrogen (secondary N) is 1. The first-order valence-corrected chi connectivity index (χ1v) is 10.7. The zero-order valence-electron chi connectivity index (χ0n) is 17.2. The summed E-state index contributed by atoms with van der Waals surface area (Å²) in [4.78, 5) is 23.2. The van der Waals surface area contributed by atoms with Crippen LogP contribution in [0.1, 0.15) is 28.8 Å². The molecule has 1 saturated heterocycles. The fourth-order valence-electron chi connectivity index (χ4n) is 4.09. The van der Waals surface area contributed by atoms with Gasteiger partial charge in [-0.05, 0) is 48.2 Å². The third-order valence-electron chi connectivity index (χ3n) is 5.71. The topological polar surface area (TPSA) is 93.4 Å². The molecule has 1 atom stereocenters. The van der Waals surface area contributed by atoms with Gasteiger partial charge in [0.15, 0.2) is 0 Å². The molecule has 0 saturated carbocycles. The lowest BCUT2D eigenvalue weighted by Gasteiger charge is -2.23. The Labute approximate surface area is 188 Å². The van der Waals surface area contributed by atoms with Gasteiger partial charge in [0, 0.05) is 43.9 Å². The van der Waals surface area contributed by atoms with Crippen LogP contribution >= 0.6 is 11.6 Å². The Kier molecular flexibility index (Phi) is 6.43. The van der Waals surface area contributed by atoms with Crippen LogP contribution in [0.3, 0.4) is 0 Å². The fraction of sp³-hybridized carbons (Fsp3) is 0.476. The zero-order chi connectivity index (χ0) is 22.9. The van der Waals surface area contributed by atoms with Crippen LogP contribution in [-0.2, 0) is 35.1 Å². The Morgan fingerprint density at radius 1 is 1.25 bits per heavy atom. The minimum atomic E-state index is -4.49. The van der Waals surface area contributed by atoms with Gasteiger partial charge >= 0.3 is 6.18 Å². The van der Waals surface area contributed by atoms with Crippen molar-refractivity contribution in [1.29, 1.82) is 0 Å². The molecule has 2 aliphatic rings. The Morgan fingerprint density at radius 2 is 2.03 bits per heavy atom. The lowest BCUT2D eigenvalue weighted by molar-refractivity contribution is -0.137. The summed E-state index contributed by atoms with van der Waals surface area (Å²) in [6.07, 6.45) is -2.73. The van der Waals surface area contributed by atoms with Crippen LogP contribution in [0.2, 0.25) is 5.28 Å². The molecule has 1 fully saturated rings. The number of nitrogens with zero attached hydrogens (tertiary/aromatic N) is 3. The summed E-state index contributed by atoms with van der Waals surface area (Å²) >= 11 is 6.10. The minimum Gasteiger partial charge on any atom is -0.399 e. The van der Waals surface area contributed by atoms with Crippen LogP contribution in [-0.4, -0.2) is 47.1 Å². The quantitative estimate of drug-likeness (QED) is 0.527. The maximum Gasteiger partial charge on any atom is 0.416 e. The van der Waals surface area contributed by atoms with E-state index in [1.165, 1.54) is 6.07 Å². The molecule has 32 heavy (non-hydrogen) atoms. The number of halogens is 4. The van der Waals surface area contributed by atoms with Crippen molar-refractivity contribution in [3.05, 3.63) is 45.9 Å². The van der Waals surface area contributed by atoms with Crippen molar-refractivity contribution in [3.8, 4) is 0 Å². The highest BCUT2D eigenvalue weighted by molar-refractivity contribution is 6.28. The fourth-order valence-corrected chi connectivity index (χ4v) is 4.28. The first-order chi connectivity index (χ1) is 15.2. The number of carbonyl (C=O) groups is 1. The van der Waals surface area contributed by atoms with Crippen molar-refractivity contribution in [2.75, 3.05) is 37.4 Å². The molecule has 172 valence electrons. The van der Waals surface area contributed by atoms with E-state index in [9.17, 15) is 18.0 Å². The number of nitrogen functional groups attached to an aromatic ring is 1. The van der Waals surface area contributed by atoms with E-state index in [1.807, 2.05) is 4.90 Å². The number of amides is 1. The molecule has 0 spiro atoms. The van der Waals surface area contributed by atoms with Crippen molar-refractivity contribution in [2.45, 2.75) is 32.0 Å². The van der Waals surface area contributed by atoms with Crippen molar-refractivity contribution < 1.29 is 22.7 Å². The third-order valence-corrected chi connectivity index (χ3v) is 5.88. The van der Waals surface area contributed by atoms with Gasteiger partial charge in [-0.3, -0.25) is 4.79 Å². The van der Waals surface area contributed by atoms with Crippen molar-refractivity contribution in [1.82, 2.24) is 14.9 Å². The van der Waals surface area contributed by atoms with Crippen LogP contribution in [0, 0.1) is 5.92 Å². The van der Waals surface area contributed by atoms with Crippen LogP contribution in [0.15, 0.2) is 18.2 Å². The molecule has 1 aromatic carbocycles. The van der Waals surface area contributed by atoms with Gasteiger partial charge in [0.1, 0.15) is 5.82 Å². The second-order valence-corrected chi connectivity index (χ2v) is 8.30. The molecule has 1 unspecified atom stereocenters. The standard InChI is InChI=1S/C21H23ClF3N5O2/c22-20-28-17-2-5-30(19(31)13-3-6-32-11-13)4-1-16(17)18(29-20)27-10-12-7-14(21(23,24)25)9-15(26)8-12/h7-9,13H,1-6,10-11,26H2,(H,27,28,29). The number of nitrogens with two attached hydrogens (primary N) is 1. The highest BCUT2D eigenvalue weighted by atomic mass is 35.5. The van der Waals surface area contributed by atoms with Gasteiger partial charge in [-0.15, -0.1) is 0 Å². The number of fused-ring (bicyclic) bond motifs is 1. The summed E-state index contributed by atoms with van der Waals surface area (Å²) < 4.78 is 44.6. The van der Waals surface area contributed by atoms with Crippen LogP contribution in [0.5, 0.6) is 0 Å². The third kappa shape index (κ3) is 5.07. The van der Waals surface area contributed by atoms with E-state index in [0.717, 1.165) is 29.8 Å². The zero-order valence-corrected chi connectivity index (χ0v) is 18.0. The van der Waals surface area contributed by atoms with Gasteiger partial charge < -0.3 is 20.7 Å². The van der Waals surface area contributed by atoms with Gasteiger partial charge in [0.25, 0.3) is 0 Å². The van der Waals surface area contributed by atoms with Crippen molar-refractivity contribution >= 4 is 29.0 Å². The van der Waals surface area contributed by atoms with E-state index in [-0.39, 0.29) is 29.3 Å². The summed E-state index contributed by atoms with van der Waals surface area (Å²) in [5.41, 5.74) is 6.79. The minimum absolute atomic E-state index is 0.0289. The SMILES string of the molecule is Nc1cc(CNc2nc(Cl)nc3c2CCN(C(=O)C2CCOC2)CC3)cc(C(F)(F)F)c1.